The molecule has 0 aliphatic rings. The first kappa shape index (κ1) is 13.6. The van der Waals surface area contributed by atoms with Gasteiger partial charge in [-0.3, -0.25) is 0 Å². The second kappa shape index (κ2) is 6.36. The lowest BCUT2D eigenvalue weighted by Gasteiger charge is -2.23. The molecule has 0 amide bonds. The molecular formula is C14H19N3O2. The normalized spacial score (nSPS) is 12.6. The Morgan fingerprint density at radius 1 is 1.21 bits per heavy atom. The minimum absolute atomic E-state index is 0.0443. The Labute approximate surface area is 113 Å². The van der Waals surface area contributed by atoms with Gasteiger partial charge in [-0.15, -0.1) is 0 Å². The van der Waals surface area contributed by atoms with Crippen LogP contribution in [0.2, 0.25) is 0 Å². The Balaban J connectivity index is 2.11. The lowest BCUT2D eigenvalue weighted by atomic mass is 10.2. The van der Waals surface area contributed by atoms with Crippen LogP contribution in [0.15, 0.2) is 42.7 Å². The highest BCUT2D eigenvalue weighted by Crippen LogP contribution is 2.16. The molecule has 0 aliphatic heterocycles. The first-order valence-corrected chi connectivity index (χ1v) is 6.17. The molecule has 0 bridgehead atoms. The molecule has 0 saturated carbocycles. The lowest BCUT2D eigenvalue weighted by Crippen LogP contribution is -2.33. The number of nitrogens with one attached hydrogen (secondary N) is 1. The number of anilines is 1. The van der Waals surface area contributed by atoms with Crippen LogP contribution in [0, 0.1) is 0 Å². The van der Waals surface area contributed by atoms with Crippen LogP contribution in [0.25, 0.3) is 5.69 Å². The quantitative estimate of drug-likeness (QED) is 0.811. The van der Waals surface area contributed by atoms with Crippen LogP contribution >= 0.6 is 0 Å². The van der Waals surface area contributed by atoms with Gasteiger partial charge in [0.25, 0.3) is 0 Å². The van der Waals surface area contributed by atoms with Crippen LogP contribution in [0.1, 0.15) is 6.92 Å². The van der Waals surface area contributed by atoms with Gasteiger partial charge in [0.05, 0.1) is 11.7 Å². The minimum atomic E-state index is -0.284. The van der Waals surface area contributed by atoms with Crippen molar-refractivity contribution in [2.75, 3.05) is 19.5 Å². The molecule has 102 valence electrons. The molecule has 0 fully saturated rings. The summed E-state index contributed by atoms with van der Waals surface area (Å²) in [6.07, 6.45) is 3.39. The van der Waals surface area contributed by atoms with E-state index in [0.29, 0.717) is 0 Å². The highest BCUT2D eigenvalue weighted by Gasteiger charge is 2.15. The van der Waals surface area contributed by atoms with Crippen LogP contribution in [-0.4, -0.2) is 36.3 Å². The third-order valence-corrected chi connectivity index (χ3v) is 2.88. The molecule has 5 heteroatoms. The van der Waals surface area contributed by atoms with Gasteiger partial charge < -0.3 is 14.8 Å². The van der Waals surface area contributed by atoms with Gasteiger partial charge in [0.2, 0.25) is 0 Å². The van der Waals surface area contributed by atoms with Crippen molar-refractivity contribution in [1.29, 1.82) is 0 Å². The van der Waals surface area contributed by atoms with Crippen LogP contribution < -0.4 is 5.32 Å². The third kappa shape index (κ3) is 3.33. The van der Waals surface area contributed by atoms with Crippen molar-refractivity contribution >= 4 is 5.69 Å². The van der Waals surface area contributed by atoms with E-state index < -0.39 is 0 Å². The number of benzene rings is 1. The van der Waals surface area contributed by atoms with E-state index in [-0.39, 0.29) is 12.3 Å². The first-order chi connectivity index (χ1) is 9.24. The molecule has 5 nitrogen and oxygen atoms in total. The highest BCUT2D eigenvalue weighted by atomic mass is 16.7. The van der Waals surface area contributed by atoms with E-state index in [2.05, 4.69) is 10.4 Å². The molecule has 1 N–H and O–H groups in total. The molecule has 1 heterocycles. The second-order valence-corrected chi connectivity index (χ2v) is 4.27. The van der Waals surface area contributed by atoms with E-state index >= 15 is 0 Å². The van der Waals surface area contributed by atoms with Gasteiger partial charge in [-0.25, -0.2) is 4.68 Å². The Morgan fingerprint density at radius 3 is 2.63 bits per heavy atom. The number of rotatable bonds is 6. The summed E-state index contributed by atoms with van der Waals surface area (Å²) >= 11 is 0. The monoisotopic (exact) mass is 261 g/mol. The molecule has 2 rings (SSSR count). The van der Waals surface area contributed by atoms with E-state index in [1.165, 1.54) is 0 Å². The number of hydrogen-bond acceptors (Lipinski definition) is 4. The average molecular weight is 261 g/mol. The van der Waals surface area contributed by atoms with Gasteiger partial charge in [-0.05, 0) is 31.2 Å². The Bertz CT molecular complexity index is 495. The molecule has 2 aromatic rings. The minimum Gasteiger partial charge on any atom is -0.377 e. The average Bonchev–Trinajstić information content (AvgIpc) is 2.94. The second-order valence-electron chi connectivity index (χ2n) is 4.27. The van der Waals surface area contributed by atoms with Crippen molar-refractivity contribution in [3.8, 4) is 5.69 Å². The predicted molar refractivity (Wildman–Crippen MR) is 74.5 cm³/mol. The first-order valence-electron chi connectivity index (χ1n) is 6.17. The van der Waals surface area contributed by atoms with Gasteiger partial charge in [0.15, 0.2) is 6.29 Å². The summed E-state index contributed by atoms with van der Waals surface area (Å²) < 4.78 is 12.3. The summed E-state index contributed by atoms with van der Waals surface area (Å²) in [6.45, 7) is 2.01. The van der Waals surface area contributed by atoms with Gasteiger partial charge in [0.1, 0.15) is 0 Å². The molecule has 0 spiro atoms. The smallest absolute Gasteiger partial charge is 0.176 e. The van der Waals surface area contributed by atoms with Crippen molar-refractivity contribution in [3.63, 3.8) is 0 Å². The summed E-state index contributed by atoms with van der Waals surface area (Å²) in [6, 6.07) is 9.97. The zero-order valence-corrected chi connectivity index (χ0v) is 11.4. The number of nitrogens with zero attached hydrogens (tertiary/aromatic N) is 2. The van der Waals surface area contributed by atoms with Gasteiger partial charge in [0, 0.05) is 32.3 Å². The van der Waals surface area contributed by atoms with E-state index in [1.54, 1.807) is 20.4 Å². The fourth-order valence-corrected chi connectivity index (χ4v) is 2.00. The largest absolute Gasteiger partial charge is 0.377 e. The maximum atomic E-state index is 5.23. The molecule has 19 heavy (non-hydrogen) atoms. The predicted octanol–water partition coefficient (Wildman–Crippen LogP) is 2.29. The van der Waals surface area contributed by atoms with E-state index in [1.807, 2.05) is 48.1 Å². The lowest BCUT2D eigenvalue weighted by molar-refractivity contribution is -0.109. The summed E-state index contributed by atoms with van der Waals surface area (Å²) in [5.74, 6) is 0. The molecule has 0 radical (unpaired) electrons. The summed E-state index contributed by atoms with van der Waals surface area (Å²) in [5, 5.41) is 7.57. The molecule has 0 saturated heterocycles. The molecule has 1 unspecified atom stereocenters. The number of ether oxygens (including phenoxy) is 2. The van der Waals surface area contributed by atoms with Crippen molar-refractivity contribution in [1.82, 2.24) is 9.78 Å². The zero-order chi connectivity index (χ0) is 13.7. The van der Waals surface area contributed by atoms with E-state index in [0.717, 1.165) is 11.4 Å². The summed E-state index contributed by atoms with van der Waals surface area (Å²) in [5.41, 5.74) is 2.01. The van der Waals surface area contributed by atoms with Crippen LogP contribution in [0.3, 0.4) is 0 Å². The van der Waals surface area contributed by atoms with Crippen molar-refractivity contribution < 1.29 is 9.47 Å². The molecule has 0 aliphatic carbocycles. The molecule has 1 aromatic carbocycles. The van der Waals surface area contributed by atoms with E-state index in [9.17, 15) is 0 Å². The Morgan fingerprint density at radius 2 is 2.00 bits per heavy atom. The van der Waals surface area contributed by atoms with Gasteiger partial charge >= 0.3 is 0 Å². The topological polar surface area (TPSA) is 48.3 Å². The van der Waals surface area contributed by atoms with Gasteiger partial charge in [-0.1, -0.05) is 6.07 Å². The Kier molecular flexibility index (Phi) is 4.54. The number of aromatic nitrogens is 2. The molecular weight excluding hydrogens is 242 g/mol. The van der Waals surface area contributed by atoms with Crippen LogP contribution in [-0.2, 0) is 9.47 Å². The fourth-order valence-electron chi connectivity index (χ4n) is 2.00. The maximum Gasteiger partial charge on any atom is 0.176 e. The molecule has 1 atom stereocenters. The Hall–Kier alpha value is -1.85. The zero-order valence-electron chi connectivity index (χ0n) is 11.4. The van der Waals surface area contributed by atoms with Crippen molar-refractivity contribution in [2.45, 2.75) is 19.3 Å². The summed E-state index contributed by atoms with van der Waals surface area (Å²) in [4.78, 5) is 0. The van der Waals surface area contributed by atoms with Crippen LogP contribution in [0.5, 0.6) is 0 Å². The SMILES string of the molecule is COC(OC)C(C)Nc1cccc(-n2cccn2)c1. The van der Waals surface area contributed by atoms with Crippen molar-refractivity contribution in [2.24, 2.45) is 0 Å². The van der Waals surface area contributed by atoms with E-state index in [4.69, 9.17) is 9.47 Å². The number of hydrogen-bond donors (Lipinski definition) is 1. The standard InChI is InChI=1S/C14H19N3O2/c1-11(14(18-2)19-3)16-12-6-4-7-13(10-12)17-9-5-8-15-17/h4-11,14,16H,1-3H3. The van der Waals surface area contributed by atoms with Crippen LogP contribution in [0.4, 0.5) is 5.69 Å². The number of methoxy groups -OCH3 is 2. The van der Waals surface area contributed by atoms with Gasteiger partial charge in [-0.2, -0.15) is 5.10 Å². The summed E-state index contributed by atoms with van der Waals surface area (Å²) in [7, 11) is 3.26. The third-order valence-electron chi connectivity index (χ3n) is 2.88. The maximum absolute atomic E-state index is 5.23. The molecule has 1 aromatic heterocycles. The fraction of sp³-hybridized carbons (Fsp3) is 0.357. The highest BCUT2D eigenvalue weighted by molar-refractivity contribution is 5.51. The van der Waals surface area contributed by atoms with Crippen molar-refractivity contribution in [3.05, 3.63) is 42.7 Å².